The van der Waals surface area contributed by atoms with Gasteiger partial charge < -0.3 is 19.7 Å². The standard InChI is InChI=1S/C16H10Cl8O4/c17-7-5(8(18)11(21)13(23)10(7)20)6-9(19)12(22)14(24)16(28-4-2-26)15(6)27-3-1-25/h25-26H,1-4H2. The number of aliphatic hydroxyl groups is 2. The average molecular weight is 550 g/mol. The number of hydrogen-bond acceptors (Lipinski definition) is 4. The van der Waals surface area contributed by atoms with Crippen molar-refractivity contribution in [2.45, 2.75) is 0 Å². The summed E-state index contributed by atoms with van der Waals surface area (Å²) in [5.74, 6) is -0.0666. The lowest BCUT2D eigenvalue weighted by Gasteiger charge is -2.22. The Balaban J connectivity index is 2.96. The first kappa shape index (κ1) is 24.5. The lowest BCUT2D eigenvalue weighted by Crippen LogP contribution is -2.09. The zero-order valence-corrected chi connectivity index (χ0v) is 19.6. The molecule has 0 fully saturated rings. The summed E-state index contributed by atoms with van der Waals surface area (Å²) < 4.78 is 11.1. The van der Waals surface area contributed by atoms with Crippen molar-refractivity contribution in [1.82, 2.24) is 0 Å². The summed E-state index contributed by atoms with van der Waals surface area (Å²) in [6.07, 6.45) is 0. The summed E-state index contributed by atoms with van der Waals surface area (Å²) in [6, 6.07) is 0. The Morgan fingerprint density at radius 3 is 1.29 bits per heavy atom. The van der Waals surface area contributed by atoms with E-state index in [0.29, 0.717) is 0 Å². The first-order valence-electron chi connectivity index (χ1n) is 7.38. The predicted molar refractivity (Wildman–Crippen MR) is 117 cm³/mol. The molecule has 4 nitrogen and oxygen atoms in total. The van der Waals surface area contributed by atoms with Crippen molar-refractivity contribution in [2.24, 2.45) is 0 Å². The van der Waals surface area contributed by atoms with Crippen molar-refractivity contribution < 1.29 is 19.7 Å². The van der Waals surface area contributed by atoms with Crippen molar-refractivity contribution in [3.8, 4) is 22.6 Å². The van der Waals surface area contributed by atoms with Gasteiger partial charge in [-0.15, -0.1) is 0 Å². The number of rotatable bonds is 7. The van der Waals surface area contributed by atoms with Crippen molar-refractivity contribution in [2.75, 3.05) is 26.4 Å². The minimum absolute atomic E-state index is 0.0276. The molecule has 0 aliphatic rings. The van der Waals surface area contributed by atoms with Gasteiger partial charge >= 0.3 is 0 Å². The summed E-state index contributed by atoms with van der Waals surface area (Å²) in [6.45, 7) is -0.928. The molecule has 0 aromatic heterocycles. The minimum atomic E-state index is -0.333. The molecule has 0 bridgehead atoms. The van der Waals surface area contributed by atoms with Gasteiger partial charge in [0, 0.05) is 5.56 Å². The SMILES string of the molecule is OCCOc1c(Cl)c(Cl)c(Cl)c(-c2c(Cl)c(Cl)c(Cl)c(Cl)c2Cl)c1OCCO. The third-order valence-electron chi connectivity index (χ3n) is 3.37. The molecule has 154 valence electrons. The van der Waals surface area contributed by atoms with Crippen LogP contribution in [0, 0.1) is 0 Å². The van der Waals surface area contributed by atoms with E-state index in [4.69, 9.17) is 107 Å². The second-order valence-corrected chi connectivity index (χ2v) is 8.09. The highest BCUT2D eigenvalue weighted by atomic mass is 35.5. The highest BCUT2D eigenvalue weighted by molar-refractivity contribution is 6.57. The Labute approximate surface area is 200 Å². The summed E-state index contributed by atoms with van der Waals surface area (Å²) in [5, 5.41) is 17.7. The number of ether oxygens (including phenoxy) is 2. The van der Waals surface area contributed by atoms with Crippen LogP contribution in [0.4, 0.5) is 0 Å². The molecule has 0 saturated carbocycles. The Hall–Kier alpha value is 0.280. The predicted octanol–water partition coefficient (Wildman–Crippen LogP) is 7.32. The Morgan fingerprint density at radius 2 is 0.821 bits per heavy atom. The average Bonchev–Trinajstić information content (AvgIpc) is 2.68. The highest BCUT2D eigenvalue weighted by Gasteiger charge is 2.30. The van der Waals surface area contributed by atoms with Crippen LogP contribution < -0.4 is 9.47 Å². The lowest BCUT2D eigenvalue weighted by molar-refractivity contribution is 0.179. The van der Waals surface area contributed by atoms with Crippen LogP contribution in [0.15, 0.2) is 0 Å². The summed E-state index contributed by atoms with van der Waals surface area (Å²) in [7, 11) is 0. The maximum Gasteiger partial charge on any atom is 0.182 e. The molecule has 0 saturated heterocycles. The molecule has 0 amide bonds. The van der Waals surface area contributed by atoms with E-state index in [1.807, 2.05) is 0 Å². The van der Waals surface area contributed by atoms with Gasteiger partial charge in [0.25, 0.3) is 0 Å². The van der Waals surface area contributed by atoms with Crippen LogP contribution in [0.5, 0.6) is 11.5 Å². The number of benzene rings is 2. The summed E-state index contributed by atoms with van der Waals surface area (Å²) in [5.41, 5.74) is 0.154. The second kappa shape index (κ2) is 10.5. The molecular formula is C16H10Cl8O4. The van der Waals surface area contributed by atoms with E-state index in [9.17, 15) is 5.11 Å². The Morgan fingerprint density at radius 1 is 0.464 bits per heavy atom. The zero-order valence-electron chi connectivity index (χ0n) is 13.6. The molecule has 0 radical (unpaired) electrons. The number of hydrogen-bond donors (Lipinski definition) is 2. The van der Waals surface area contributed by atoms with Gasteiger partial charge in [0.1, 0.15) is 18.2 Å². The number of aliphatic hydroxyl groups excluding tert-OH is 2. The first-order chi connectivity index (χ1) is 13.2. The van der Waals surface area contributed by atoms with Gasteiger partial charge in [0.2, 0.25) is 0 Å². The fourth-order valence-electron chi connectivity index (χ4n) is 2.23. The van der Waals surface area contributed by atoms with Crippen molar-refractivity contribution >= 4 is 92.8 Å². The van der Waals surface area contributed by atoms with Gasteiger partial charge in [-0.1, -0.05) is 92.8 Å². The quantitative estimate of drug-likeness (QED) is 0.281. The molecule has 0 heterocycles. The van der Waals surface area contributed by atoms with Crippen molar-refractivity contribution in [3.63, 3.8) is 0 Å². The normalized spacial score (nSPS) is 11.1. The highest BCUT2D eigenvalue weighted by Crippen LogP contribution is 2.57. The van der Waals surface area contributed by atoms with Crippen LogP contribution in [-0.2, 0) is 0 Å². The third-order valence-corrected chi connectivity index (χ3v) is 6.96. The van der Waals surface area contributed by atoms with Gasteiger partial charge in [-0.25, -0.2) is 0 Å². The molecular weight excluding hydrogens is 540 g/mol. The molecule has 0 aliphatic carbocycles. The molecule has 2 rings (SSSR count). The van der Waals surface area contributed by atoms with E-state index in [1.165, 1.54) is 0 Å². The minimum Gasteiger partial charge on any atom is -0.487 e. The molecule has 2 aromatic rings. The van der Waals surface area contributed by atoms with E-state index < -0.39 is 0 Å². The Kier molecular flexibility index (Phi) is 9.24. The van der Waals surface area contributed by atoms with Crippen LogP contribution in [0.2, 0.25) is 40.2 Å². The van der Waals surface area contributed by atoms with Crippen LogP contribution in [0.3, 0.4) is 0 Å². The molecule has 28 heavy (non-hydrogen) atoms. The second-order valence-electron chi connectivity index (χ2n) is 5.06. The zero-order chi connectivity index (χ0) is 21.2. The maximum absolute atomic E-state index is 9.17. The molecule has 2 N–H and O–H groups in total. The molecule has 2 aromatic carbocycles. The van der Waals surface area contributed by atoms with Crippen LogP contribution in [0.25, 0.3) is 11.1 Å². The maximum atomic E-state index is 9.17. The fourth-order valence-corrected chi connectivity index (χ4v) is 4.29. The molecule has 0 aliphatic heterocycles. The van der Waals surface area contributed by atoms with Gasteiger partial charge in [0.05, 0.1) is 53.9 Å². The number of halogens is 8. The fraction of sp³-hybridized carbons (Fsp3) is 0.250. The van der Waals surface area contributed by atoms with Gasteiger partial charge in [-0.3, -0.25) is 0 Å². The van der Waals surface area contributed by atoms with Crippen molar-refractivity contribution in [1.29, 1.82) is 0 Å². The summed E-state index contributed by atoms with van der Waals surface area (Å²) in [4.78, 5) is 0. The summed E-state index contributed by atoms with van der Waals surface area (Å²) >= 11 is 50.0. The van der Waals surface area contributed by atoms with E-state index in [1.54, 1.807) is 0 Å². The molecule has 0 atom stereocenters. The van der Waals surface area contributed by atoms with Crippen molar-refractivity contribution in [3.05, 3.63) is 40.2 Å². The first-order valence-corrected chi connectivity index (χ1v) is 10.4. The van der Waals surface area contributed by atoms with E-state index >= 15 is 0 Å². The van der Waals surface area contributed by atoms with Gasteiger partial charge in [-0.05, 0) is 0 Å². The van der Waals surface area contributed by atoms with Crippen LogP contribution in [-0.4, -0.2) is 36.6 Å². The molecule has 0 spiro atoms. The third kappa shape index (κ3) is 4.62. The van der Waals surface area contributed by atoms with Crippen LogP contribution >= 0.6 is 92.8 Å². The topological polar surface area (TPSA) is 58.9 Å². The monoisotopic (exact) mass is 546 g/mol. The van der Waals surface area contributed by atoms with Crippen LogP contribution in [0.1, 0.15) is 0 Å². The van der Waals surface area contributed by atoms with E-state index in [2.05, 4.69) is 0 Å². The van der Waals surface area contributed by atoms with E-state index in [-0.39, 0.29) is 89.2 Å². The van der Waals surface area contributed by atoms with Gasteiger partial charge in [0.15, 0.2) is 11.5 Å². The molecule has 12 heteroatoms. The van der Waals surface area contributed by atoms with E-state index in [0.717, 1.165) is 0 Å². The Bertz CT molecular complexity index is 874. The lowest BCUT2D eigenvalue weighted by atomic mass is 10.0. The molecule has 0 unspecified atom stereocenters. The van der Waals surface area contributed by atoms with Gasteiger partial charge in [-0.2, -0.15) is 0 Å². The smallest absolute Gasteiger partial charge is 0.182 e. The largest absolute Gasteiger partial charge is 0.487 e.